The van der Waals surface area contributed by atoms with Gasteiger partial charge in [0.15, 0.2) is 11.5 Å². The van der Waals surface area contributed by atoms with Gasteiger partial charge < -0.3 is 14.8 Å². The van der Waals surface area contributed by atoms with Crippen LogP contribution in [-0.2, 0) is 17.4 Å². The highest BCUT2D eigenvalue weighted by atomic mass is 19.4. The van der Waals surface area contributed by atoms with E-state index < -0.39 is 11.7 Å². The molecule has 1 aliphatic carbocycles. The van der Waals surface area contributed by atoms with Crippen LogP contribution < -0.4 is 14.8 Å². The summed E-state index contributed by atoms with van der Waals surface area (Å²) in [5.74, 6) is 1.23. The average molecular weight is 391 g/mol. The maximum atomic E-state index is 12.6. The van der Waals surface area contributed by atoms with Gasteiger partial charge in [-0.25, -0.2) is 0 Å². The number of benzene rings is 2. The minimum absolute atomic E-state index is 0.00317. The molecule has 2 atom stereocenters. The molecule has 0 radical (unpaired) electrons. The van der Waals surface area contributed by atoms with Crippen LogP contribution >= 0.6 is 0 Å². The number of ether oxygens (including phenoxy) is 2. The molecule has 148 valence electrons. The number of alkyl halides is 3. The van der Waals surface area contributed by atoms with Crippen LogP contribution in [0.5, 0.6) is 11.5 Å². The van der Waals surface area contributed by atoms with Crippen molar-refractivity contribution in [3.05, 3.63) is 59.2 Å². The Morgan fingerprint density at radius 1 is 1.04 bits per heavy atom. The number of amides is 1. The van der Waals surface area contributed by atoms with Gasteiger partial charge in [-0.1, -0.05) is 18.2 Å². The maximum absolute atomic E-state index is 12.6. The van der Waals surface area contributed by atoms with E-state index in [0.29, 0.717) is 32.6 Å². The molecule has 2 aliphatic rings. The van der Waals surface area contributed by atoms with Gasteiger partial charge in [0.2, 0.25) is 5.91 Å². The molecular formula is C21H20F3NO3. The van der Waals surface area contributed by atoms with Gasteiger partial charge in [0, 0.05) is 12.5 Å². The number of carbonyl (C=O) groups excluding carboxylic acids is 1. The second kappa shape index (κ2) is 7.37. The zero-order valence-corrected chi connectivity index (χ0v) is 15.1. The van der Waals surface area contributed by atoms with E-state index in [4.69, 9.17) is 9.47 Å². The Hall–Kier alpha value is -2.70. The van der Waals surface area contributed by atoms with Crippen LogP contribution in [0.4, 0.5) is 13.2 Å². The highest BCUT2D eigenvalue weighted by Gasteiger charge is 2.44. The molecule has 0 unspecified atom stereocenters. The maximum Gasteiger partial charge on any atom is 0.416 e. The molecule has 28 heavy (non-hydrogen) atoms. The van der Waals surface area contributed by atoms with E-state index in [0.717, 1.165) is 34.8 Å². The van der Waals surface area contributed by atoms with Gasteiger partial charge in [0.1, 0.15) is 13.2 Å². The molecule has 0 spiro atoms. The Morgan fingerprint density at radius 3 is 2.46 bits per heavy atom. The number of hydrogen-bond donors (Lipinski definition) is 1. The van der Waals surface area contributed by atoms with Gasteiger partial charge in [-0.05, 0) is 54.2 Å². The largest absolute Gasteiger partial charge is 0.486 e. The molecule has 1 saturated carbocycles. The third-order valence-corrected chi connectivity index (χ3v) is 5.11. The first-order valence-corrected chi connectivity index (χ1v) is 9.25. The Morgan fingerprint density at radius 2 is 1.75 bits per heavy atom. The first-order valence-electron chi connectivity index (χ1n) is 9.25. The van der Waals surface area contributed by atoms with Crippen LogP contribution in [0.25, 0.3) is 0 Å². The van der Waals surface area contributed by atoms with E-state index in [1.165, 1.54) is 12.1 Å². The van der Waals surface area contributed by atoms with Crippen molar-refractivity contribution in [2.24, 2.45) is 5.92 Å². The summed E-state index contributed by atoms with van der Waals surface area (Å²) in [6.45, 7) is 1.57. The second-order valence-corrected chi connectivity index (χ2v) is 7.09. The fourth-order valence-corrected chi connectivity index (χ4v) is 3.48. The summed E-state index contributed by atoms with van der Waals surface area (Å²) >= 11 is 0. The Bertz CT molecular complexity index is 864. The number of fused-ring (bicyclic) bond motifs is 1. The predicted octanol–water partition coefficient (Wildman–Crippen LogP) is 3.94. The molecule has 7 heteroatoms. The van der Waals surface area contributed by atoms with Crippen LogP contribution in [0.1, 0.15) is 29.0 Å². The van der Waals surface area contributed by atoms with Crippen molar-refractivity contribution in [2.45, 2.75) is 24.9 Å². The number of halogens is 3. The van der Waals surface area contributed by atoms with E-state index in [9.17, 15) is 18.0 Å². The van der Waals surface area contributed by atoms with E-state index in [1.807, 2.05) is 18.2 Å². The number of carbonyl (C=O) groups is 1. The minimum Gasteiger partial charge on any atom is -0.486 e. The molecule has 2 aromatic carbocycles. The predicted molar refractivity (Wildman–Crippen MR) is 96.4 cm³/mol. The highest BCUT2D eigenvalue weighted by molar-refractivity contribution is 5.82. The third-order valence-electron chi connectivity index (χ3n) is 5.11. The zero-order chi connectivity index (χ0) is 19.7. The summed E-state index contributed by atoms with van der Waals surface area (Å²) < 4.78 is 48.9. The standard InChI is InChI=1S/C21H20F3NO3/c22-21(23,24)15-4-2-14(3-5-15)16-12-17(16)20(26)25-8-7-13-1-6-18-19(11-13)28-10-9-27-18/h1-6,11,16-17H,7-10,12H2,(H,25,26)/t16-,17+/m1/s1. The summed E-state index contributed by atoms with van der Waals surface area (Å²) in [5.41, 5.74) is 1.15. The smallest absolute Gasteiger partial charge is 0.416 e. The van der Waals surface area contributed by atoms with E-state index >= 15 is 0 Å². The van der Waals surface area contributed by atoms with Gasteiger partial charge >= 0.3 is 6.18 Å². The highest BCUT2D eigenvalue weighted by Crippen LogP contribution is 2.48. The lowest BCUT2D eigenvalue weighted by Crippen LogP contribution is -2.27. The summed E-state index contributed by atoms with van der Waals surface area (Å²) in [5, 5.41) is 2.92. The first-order chi connectivity index (χ1) is 13.4. The molecule has 1 N–H and O–H groups in total. The van der Waals surface area contributed by atoms with Crippen molar-refractivity contribution in [3.8, 4) is 11.5 Å². The molecule has 2 aromatic rings. The molecule has 1 fully saturated rings. The lowest BCUT2D eigenvalue weighted by Gasteiger charge is -2.18. The number of hydrogen-bond acceptors (Lipinski definition) is 3. The number of nitrogens with one attached hydrogen (secondary N) is 1. The first kappa shape index (κ1) is 18.7. The molecule has 4 nitrogen and oxygen atoms in total. The fourth-order valence-electron chi connectivity index (χ4n) is 3.48. The van der Waals surface area contributed by atoms with Crippen molar-refractivity contribution in [3.63, 3.8) is 0 Å². The molecule has 0 bridgehead atoms. The average Bonchev–Trinajstić information content (AvgIpc) is 3.48. The summed E-state index contributed by atoms with van der Waals surface area (Å²) in [6.07, 6.45) is -3.01. The molecule has 1 aliphatic heterocycles. The van der Waals surface area contributed by atoms with Crippen LogP contribution in [0.2, 0.25) is 0 Å². The summed E-state index contributed by atoms with van der Waals surface area (Å²) in [7, 11) is 0. The van der Waals surface area contributed by atoms with E-state index in [2.05, 4.69) is 5.32 Å². The topological polar surface area (TPSA) is 47.6 Å². The number of rotatable bonds is 5. The normalized spacial score (nSPS) is 20.5. The molecule has 0 saturated heterocycles. The van der Waals surface area contributed by atoms with Crippen molar-refractivity contribution in [1.29, 1.82) is 0 Å². The molecule has 4 rings (SSSR count). The Labute approximate surface area is 160 Å². The molecule has 1 amide bonds. The van der Waals surface area contributed by atoms with Crippen molar-refractivity contribution in [2.75, 3.05) is 19.8 Å². The monoisotopic (exact) mass is 391 g/mol. The van der Waals surface area contributed by atoms with Crippen LogP contribution in [-0.4, -0.2) is 25.7 Å². The van der Waals surface area contributed by atoms with E-state index in [1.54, 1.807) is 0 Å². The van der Waals surface area contributed by atoms with Crippen molar-refractivity contribution in [1.82, 2.24) is 5.32 Å². The van der Waals surface area contributed by atoms with Gasteiger partial charge in [0.25, 0.3) is 0 Å². The van der Waals surface area contributed by atoms with Crippen molar-refractivity contribution < 1.29 is 27.4 Å². The van der Waals surface area contributed by atoms with Gasteiger partial charge in [-0.15, -0.1) is 0 Å². The zero-order valence-electron chi connectivity index (χ0n) is 15.1. The second-order valence-electron chi connectivity index (χ2n) is 7.09. The molecule has 1 heterocycles. The summed E-state index contributed by atoms with van der Waals surface area (Å²) in [6, 6.07) is 10.8. The minimum atomic E-state index is -4.34. The summed E-state index contributed by atoms with van der Waals surface area (Å²) in [4.78, 5) is 12.3. The van der Waals surface area contributed by atoms with Gasteiger partial charge in [-0.3, -0.25) is 4.79 Å². The fraction of sp³-hybridized carbons (Fsp3) is 0.381. The lowest BCUT2D eigenvalue weighted by atomic mass is 10.1. The van der Waals surface area contributed by atoms with E-state index in [-0.39, 0.29) is 17.7 Å². The van der Waals surface area contributed by atoms with Crippen molar-refractivity contribution >= 4 is 5.91 Å². The quantitative estimate of drug-likeness (QED) is 0.840. The van der Waals surface area contributed by atoms with Crippen LogP contribution in [0, 0.1) is 5.92 Å². The van der Waals surface area contributed by atoms with Crippen LogP contribution in [0.15, 0.2) is 42.5 Å². The van der Waals surface area contributed by atoms with Gasteiger partial charge in [0.05, 0.1) is 5.56 Å². The molecular weight excluding hydrogens is 371 g/mol. The third kappa shape index (κ3) is 4.08. The SMILES string of the molecule is O=C(NCCc1ccc2c(c1)OCCO2)[C@H]1C[C@@H]1c1ccc(C(F)(F)F)cc1. The lowest BCUT2D eigenvalue weighted by molar-refractivity contribution is -0.137. The molecule has 0 aromatic heterocycles. The van der Waals surface area contributed by atoms with Crippen LogP contribution in [0.3, 0.4) is 0 Å². The van der Waals surface area contributed by atoms with Gasteiger partial charge in [-0.2, -0.15) is 13.2 Å². The Balaban J connectivity index is 1.26. The Kier molecular flexibility index (Phi) is 4.91.